The first-order valence-corrected chi connectivity index (χ1v) is 9.46. The number of nitrogens with zero attached hydrogens (tertiary/aromatic N) is 1. The molecule has 0 aliphatic rings. The molecule has 0 aliphatic carbocycles. The molecule has 3 rings (SSSR count). The molecular weight excluding hydrogens is 381 g/mol. The summed E-state index contributed by atoms with van der Waals surface area (Å²) in [6, 6.07) is 8.82. The van der Waals surface area contributed by atoms with Gasteiger partial charge < -0.3 is 5.32 Å². The van der Waals surface area contributed by atoms with Crippen LogP contribution in [0.25, 0.3) is 0 Å². The Morgan fingerprint density at radius 1 is 1.12 bits per heavy atom. The number of anilines is 1. The molecule has 0 unspecified atom stereocenters. The Hall–Kier alpha value is -2.19. The summed E-state index contributed by atoms with van der Waals surface area (Å²) in [4.78, 5) is 17.3. The SMILES string of the molecule is C[C@](CC(=O)Nc1nccs1)(c1cccc(C(F)(F)F)c1)c1cccs1. The van der Waals surface area contributed by atoms with E-state index in [1.54, 1.807) is 24.6 Å². The molecule has 1 atom stereocenters. The van der Waals surface area contributed by atoms with E-state index in [1.165, 1.54) is 28.7 Å². The number of hydrogen-bond donors (Lipinski definition) is 1. The molecule has 0 saturated carbocycles. The average molecular weight is 396 g/mol. The first-order chi connectivity index (χ1) is 12.3. The Morgan fingerprint density at radius 2 is 1.88 bits per heavy atom. The van der Waals surface area contributed by atoms with Gasteiger partial charge in [0.25, 0.3) is 0 Å². The van der Waals surface area contributed by atoms with Gasteiger partial charge in [-0.2, -0.15) is 13.2 Å². The van der Waals surface area contributed by atoms with Gasteiger partial charge in [-0.1, -0.05) is 31.2 Å². The summed E-state index contributed by atoms with van der Waals surface area (Å²) >= 11 is 2.70. The van der Waals surface area contributed by atoms with E-state index in [1.807, 2.05) is 17.5 Å². The van der Waals surface area contributed by atoms with Crippen LogP contribution in [-0.2, 0) is 16.4 Å². The Labute approximate surface area is 156 Å². The third-order valence-corrected chi connectivity index (χ3v) is 5.91. The molecule has 3 nitrogen and oxygen atoms in total. The first kappa shape index (κ1) is 18.6. The van der Waals surface area contributed by atoms with Gasteiger partial charge in [-0.3, -0.25) is 4.79 Å². The fourth-order valence-corrected chi connectivity index (χ4v) is 4.19. The third-order valence-electron chi connectivity index (χ3n) is 4.08. The minimum atomic E-state index is -4.44. The lowest BCUT2D eigenvalue weighted by Crippen LogP contribution is -2.29. The number of benzene rings is 1. The summed E-state index contributed by atoms with van der Waals surface area (Å²) in [5, 5.41) is 6.75. The van der Waals surface area contributed by atoms with E-state index in [4.69, 9.17) is 0 Å². The van der Waals surface area contributed by atoms with E-state index >= 15 is 0 Å². The van der Waals surface area contributed by atoms with Crippen molar-refractivity contribution in [2.45, 2.75) is 24.9 Å². The molecule has 3 aromatic rings. The number of halogens is 3. The van der Waals surface area contributed by atoms with Crippen molar-refractivity contribution in [3.05, 3.63) is 69.4 Å². The monoisotopic (exact) mass is 396 g/mol. The van der Waals surface area contributed by atoms with Crippen LogP contribution in [0.15, 0.2) is 53.4 Å². The van der Waals surface area contributed by atoms with Crippen molar-refractivity contribution in [3.63, 3.8) is 0 Å². The van der Waals surface area contributed by atoms with Crippen LogP contribution in [0.1, 0.15) is 29.3 Å². The van der Waals surface area contributed by atoms with Crippen molar-refractivity contribution in [1.82, 2.24) is 4.98 Å². The number of alkyl halides is 3. The van der Waals surface area contributed by atoms with Gasteiger partial charge in [-0.25, -0.2) is 4.98 Å². The predicted molar refractivity (Wildman–Crippen MR) is 97.6 cm³/mol. The third kappa shape index (κ3) is 3.96. The molecule has 0 spiro atoms. The normalized spacial score (nSPS) is 14.0. The smallest absolute Gasteiger partial charge is 0.302 e. The van der Waals surface area contributed by atoms with Crippen LogP contribution in [0, 0.1) is 0 Å². The molecule has 26 heavy (non-hydrogen) atoms. The van der Waals surface area contributed by atoms with Gasteiger partial charge in [0.1, 0.15) is 0 Å². The molecule has 0 saturated heterocycles. The van der Waals surface area contributed by atoms with Gasteiger partial charge in [0, 0.05) is 28.3 Å². The standard InChI is InChI=1S/C18H15F3N2OS2/c1-17(14-6-3-8-25-14,11-15(24)23-16-22-7-9-26-16)12-4-2-5-13(10-12)18(19,20)21/h2-10H,11H2,1H3,(H,22,23,24)/t17-/m0/s1. The molecule has 1 amide bonds. The molecule has 1 aromatic carbocycles. The van der Waals surface area contributed by atoms with Crippen LogP contribution in [0.2, 0.25) is 0 Å². The van der Waals surface area contributed by atoms with Crippen LogP contribution in [0.5, 0.6) is 0 Å². The topological polar surface area (TPSA) is 42.0 Å². The van der Waals surface area contributed by atoms with Crippen molar-refractivity contribution in [1.29, 1.82) is 0 Å². The second-order valence-corrected chi connectivity index (χ2v) is 7.79. The minimum Gasteiger partial charge on any atom is -0.302 e. The fourth-order valence-electron chi connectivity index (χ4n) is 2.73. The van der Waals surface area contributed by atoms with Crippen molar-refractivity contribution >= 4 is 33.7 Å². The van der Waals surface area contributed by atoms with Crippen molar-refractivity contribution < 1.29 is 18.0 Å². The van der Waals surface area contributed by atoms with Gasteiger partial charge in [-0.05, 0) is 23.1 Å². The minimum absolute atomic E-state index is 0.00834. The summed E-state index contributed by atoms with van der Waals surface area (Å²) in [6.45, 7) is 1.79. The zero-order valence-electron chi connectivity index (χ0n) is 13.7. The van der Waals surface area contributed by atoms with Gasteiger partial charge in [0.15, 0.2) is 5.13 Å². The molecular formula is C18H15F3N2OS2. The number of nitrogens with one attached hydrogen (secondary N) is 1. The summed E-state index contributed by atoms with van der Waals surface area (Å²) in [7, 11) is 0. The second-order valence-electron chi connectivity index (χ2n) is 5.95. The number of amides is 1. The van der Waals surface area contributed by atoms with E-state index in [-0.39, 0.29) is 12.3 Å². The van der Waals surface area contributed by atoms with Crippen molar-refractivity contribution in [2.75, 3.05) is 5.32 Å². The fraction of sp³-hybridized carbons (Fsp3) is 0.222. The van der Waals surface area contributed by atoms with Gasteiger partial charge in [0.2, 0.25) is 5.91 Å². The second kappa shape index (κ2) is 7.20. The molecule has 2 aromatic heterocycles. The van der Waals surface area contributed by atoms with Crippen LogP contribution in [0.3, 0.4) is 0 Å². The highest BCUT2D eigenvalue weighted by Gasteiger charge is 2.36. The number of hydrogen-bond acceptors (Lipinski definition) is 4. The van der Waals surface area contributed by atoms with Crippen LogP contribution >= 0.6 is 22.7 Å². The van der Waals surface area contributed by atoms with E-state index in [0.29, 0.717) is 10.7 Å². The lowest BCUT2D eigenvalue weighted by atomic mass is 9.77. The van der Waals surface area contributed by atoms with Crippen molar-refractivity contribution in [3.8, 4) is 0 Å². The Morgan fingerprint density at radius 3 is 2.50 bits per heavy atom. The molecule has 0 radical (unpaired) electrons. The maximum Gasteiger partial charge on any atom is 0.416 e. The first-order valence-electron chi connectivity index (χ1n) is 7.70. The summed E-state index contributed by atoms with van der Waals surface area (Å²) < 4.78 is 39.4. The number of thiophene rings is 1. The van der Waals surface area contributed by atoms with E-state index < -0.39 is 17.2 Å². The molecule has 8 heteroatoms. The van der Waals surface area contributed by atoms with Gasteiger partial charge >= 0.3 is 6.18 Å². The Balaban J connectivity index is 1.96. The van der Waals surface area contributed by atoms with Crippen LogP contribution in [-0.4, -0.2) is 10.9 Å². The molecule has 2 heterocycles. The zero-order valence-corrected chi connectivity index (χ0v) is 15.3. The molecule has 136 valence electrons. The Bertz CT molecular complexity index is 876. The quantitative estimate of drug-likeness (QED) is 0.614. The van der Waals surface area contributed by atoms with E-state index in [0.717, 1.165) is 17.0 Å². The number of thiazole rings is 1. The average Bonchev–Trinajstić information content (AvgIpc) is 3.27. The molecule has 1 N–H and O–H groups in total. The summed E-state index contributed by atoms with van der Waals surface area (Å²) in [6.07, 6.45) is -2.85. The number of aromatic nitrogens is 1. The van der Waals surface area contributed by atoms with Gasteiger partial charge in [0.05, 0.1) is 5.56 Å². The lowest BCUT2D eigenvalue weighted by Gasteiger charge is -2.29. The van der Waals surface area contributed by atoms with Crippen LogP contribution in [0.4, 0.5) is 18.3 Å². The maximum absolute atomic E-state index is 13.1. The predicted octanol–water partition coefficient (Wildman–Crippen LogP) is 5.56. The summed E-state index contributed by atoms with van der Waals surface area (Å²) in [5.74, 6) is -0.298. The number of rotatable bonds is 5. The van der Waals surface area contributed by atoms with Gasteiger partial charge in [-0.15, -0.1) is 22.7 Å². The highest BCUT2D eigenvalue weighted by atomic mass is 32.1. The molecule has 0 fully saturated rings. The number of carbonyl (C=O) groups excluding carboxylic acids is 1. The summed E-state index contributed by atoms with van der Waals surface area (Å²) in [5.41, 5.74) is -1.15. The molecule has 0 aliphatic heterocycles. The maximum atomic E-state index is 13.1. The Kier molecular flexibility index (Phi) is 5.15. The lowest BCUT2D eigenvalue weighted by molar-refractivity contribution is -0.137. The molecule has 0 bridgehead atoms. The number of carbonyl (C=O) groups is 1. The van der Waals surface area contributed by atoms with E-state index in [2.05, 4.69) is 10.3 Å². The highest BCUT2D eigenvalue weighted by Crippen LogP contribution is 2.40. The zero-order chi connectivity index (χ0) is 18.8. The highest BCUT2D eigenvalue weighted by molar-refractivity contribution is 7.13. The van der Waals surface area contributed by atoms with Crippen LogP contribution < -0.4 is 5.32 Å². The van der Waals surface area contributed by atoms with E-state index in [9.17, 15) is 18.0 Å². The van der Waals surface area contributed by atoms with Crippen molar-refractivity contribution in [2.24, 2.45) is 0 Å². The largest absolute Gasteiger partial charge is 0.416 e.